The van der Waals surface area contributed by atoms with E-state index in [0.717, 1.165) is 34.4 Å². The van der Waals surface area contributed by atoms with Gasteiger partial charge in [0.1, 0.15) is 0 Å². The van der Waals surface area contributed by atoms with Crippen molar-refractivity contribution >= 4 is 15.7 Å². The number of fused-ring (bicyclic) bond motifs is 1. The lowest BCUT2D eigenvalue weighted by molar-refractivity contribution is 0.591. The Morgan fingerprint density at radius 2 is 1.64 bits per heavy atom. The maximum atomic E-state index is 13.2. The van der Waals surface area contributed by atoms with Crippen LogP contribution in [0.15, 0.2) is 35.2 Å². The van der Waals surface area contributed by atoms with Crippen molar-refractivity contribution in [2.45, 2.75) is 39.0 Å². The number of hydrogen-bond donors (Lipinski definition) is 0. The van der Waals surface area contributed by atoms with E-state index < -0.39 is 10.0 Å². The highest BCUT2D eigenvalue weighted by Crippen LogP contribution is 2.35. The van der Waals surface area contributed by atoms with Gasteiger partial charge in [0.15, 0.2) is 0 Å². The molecule has 0 unspecified atom stereocenters. The zero-order valence-electron chi connectivity index (χ0n) is 13.5. The largest absolute Gasteiger partial charge is 0.266 e. The van der Waals surface area contributed by atoms with E-state index >= 15 is 0 Å². The van der Waals surface area contributed by atoms with Gasteiger partial charge in [-0.2, -0.15) is 0 Å². The van der Waals surface area contributed by atoms with E-state index in [-0.39, 0.29) is 0 Å². The molecule has 0 spiro atoms. The Kier molecular flexibility index (Phi) is 3.52. The van der Waals surface area contributed by atoms with Gasteiger partial charge in [0.05, 0.1) is 10.6 Å². The van der Waals surface area contributed by atoms with Crippen LogP contribution in [-0.4, -0.2) is 15.0 Å². The lowest BCUT2D eigenvalue weighted by atomic mass is 10.00. The second kappa shape index (κ2) is 5.13. The van der Waals surface area contributed by atoms with Gasteiger partial charge in [-0.15, -0.1) is 0 Å². The Balaban J connectivity index is 2.17. The molecule has 22 heavy (non-hydrogen) atoms. The molecule has 0 saturated heterocycles. The van der Waals surface area contributed by atoms with Gasteiger partial charge in [0.2, 0.25) is 0 Å². The quantitative estimate of drug-likeness (QED) is 0.848. The third-order valence-electron chi connectivity index (χ3n) is 4.85. The first-order valence-corrected chi connectivity index (χ1v) is 8.96. The molecule has 1 aliphatic rings. The monoisotopic (exact) mass is 315 g/mol. The molecule has 2 aromatic rings. The highest BCUT2D eigenvalue weighted by Gasteiger charge is 2.32. The molecule has 1 heterocycles. The molecule has 0 N–H and O–H groups in total. The molecule has 0 radical (unpaired) electrons. The molecule has 0 atom stereocenters. The van der Waals surface area contributed by atoms with Crippen LogP contribution in [0.4, 0.5) is 5.69 Å². The molecule has 1 aliphatic heterocycles. The first-order chi connectivity index (χ1) is 10.3. The zero-order chi connectivity index (χ0) is 16.1. The molecule has 0 aromatic heterocycles. The topological polar surface area (TPSA) is 37.4 Å². The summed E-state index contributed by atoms with van der Waals surface area (Å²) in [5, 5.41) is 0. The van der Waals surface area contributed by atoms with E-state index in [1.54, 1.807) is 4.31 Å². The Hall–Kier alpha value is -1.81. The predicted molar refractivity (Wildman–Crippen MR) is 90.1 cm³/mol. The fourth-order valence-corrected chi connectivity index (χ4v) is 4.99. The molecule has 116 valence electrons. The fraction of sp³-hybridized carbons (Fsp3) is 0.333. The summed E-state index contributed by atoms with van der Waals surface area (Å²) in [7, 11) is -3.51. The van der Waals surface area contributed by atoms with Gasteiger partial charge < -0.3 is 0 Å². The van der Waals surface area contributed by atoms with Crippen molar-refractivity contribution in [2.24, 2.45) is 0 Å². The molecule has 0 bridgehead atoms. The fourth-order valence-electron chi connectivity index (χ4n) is 3.12. The molecule has 4 heteroatoms. The van der Waals surface area contributed by atoms with Crippen molar-refractivity contribution in [3.63, 3.8) is 0 Å². The summed E-state index contributed by atoms with van der Waals surface area (Å²) in [4.78, 5) is 0.435. The van der Waals surface area contributed by atoms with Gasteiger partial charge in [-0.05, 0) is 74.1 Å². The maximum absolute atomic E-state index is 13.2. The van der Waals surface area contributed by atoms with Crippen molar-refractivity contribution in [1.29, 1.82) is 0 Å². The van der Waals surface area contributed by atoms with Crippen LogP contribution < -0.4 is 4.31 Å². The van der Waals surface area contributed by atoms with Gasteiger partial charge >= 0.3 is 0 Å². The van der Waals surface area contributed by atoms with Crippen LogP contribution in [0.5, 0.6) is 0 Å². The highest BCUT2D eigenvalue weighted by atomic mass is 32.2. The number of anilines is 1. The van der Waals surface area contributed by atoms with Crippen LogP contribution in [0, 0.1) is 27.7 Å². The summed E-state index contributed by atoms with van der Waals surface area (Å²) in [6, 6.07) is 9.56. The van der Waals surface area contributed by atoms with Crippen LogP contribution in [0.1, 0.15) is 27.8 Å². The lowest BCUT2D eigenvalue weighted by Gasteiger charge is -2.22. The molecule has 0 saturated carbocycles. The van der Waals surface area contributed by atoms with E-state index in [2.05, 4.69) is 0 Å². The molecular weight excluding hydrogens is 294 g/mol. The van der Waals surface area contributed by atoms with Crippen LogP contribution in [-0.2, 0) is 16.4 Å². The first kappa shape index (κ1) is 15.1. The minimum absolute atomic E-state index is 0.435. The second-order valence-corrected chi connectivity index (χ2v) is 7.85. The first-order valence-electron chi connectivity index (χ1n) is 7.52. The van der Waals surface area contributed by atoms with E-state index in [1.165, 1.54) is 5.56 Å². The summed E-state index contributed by atoms with van der Waals surface area (Å²) in [6.07, 6.45) is 0.776. The van der Waals surface area contributed by atoms with Crippen LogP contribution >= 0.6 is 0 Å². The predicted octanol–water partition coefficient (Wildman–Crippen LogP) is 3.67. The molecule has 0 fully saturated rings. The summed E-state index contributed by atoms with van der Waals surface area (Å²) < 4.78 is 27.9. The maximum Gasteiger partial charge on any atom is 0.264 e. The summed E-state index contributed by atoms with van der Waals surface area (Å²) in [6.45, 7) is 8.43. The van der Waals surface area contributed by atoms with Crippen LogP contribution in [0.2, 0.25) is 0 Å². The minimum Gasteiger partial charge on any atom is -0.266 e. The zero-order valence-corrected chi connectivity index (χ0v) is 14.3. The number of nitrogens with zero attached hydrogens (tertiary/aromatic N) is 1. The third kappa shape index (κ3) is 2.13. The van der Waals surface area contributed by atoms with Crippen molar-refractivity contribution in [3.8, 4) is 0 Å². The Bertz CT molecular complexity index is 854. The molecule has 2 aromatic carbocycles. The van der Waals surface area contributed by atoms with Crippen LogP contribution in [0.3, 0.4) is 0 Å². The summed E-state index contributed by atoms with van der Waals surface area (Å²) >= 11 is 0. The van der Waals surface area contributed by atoms with Crippen molar-refractivity contribution in [1.82, 2.24) is 0 Å². The summed E-state index contributed by atoms with van der Waals surface area (Å²) in [5.74, 6) is 0. The van der Waals surface area contributed by atoms with Gasteiger partial charge in [0, 0.05) is 6.54 Å². The van der Waals surface area contributed by atoms with Gasteiger partial charge in [-0.25, -0.2) is 8.42 Å². The molecule has 0 aliphatic carbocycles. The summed E-state index contributed by atoms with van der Waals surface area (Å²) in [5.41, 5.74) is 6.02. The van der Waals surface area contributed by atoms with Crippen LogP contribution in [0.25, 0.3) is 0 Å². The minimum atomic E-state index is -3.51. The lowest BCUT2D eigenvalue weighted by Crippen LogP contribution is -2.30. The highest BCUT2D eigenvalue weighted by molar-refractivity contribution is 7.93. The SMILES string of the molecule is Cc1cc(S(=O)(=O)N2CCc3ccccc32)c(C)c(C)c1C. The third-order valence-corrected chi connectivity index (χ3v) is 6.79. The van der Waals surface area contributed by atoms with Crippen molar-refractivity contribution < 1.29 is 8.42 Å². The smallest absolute Gasteiger partial charge is 0.264 e. The molecular formula is C18H21NO2S. The molecule has 0 amide bonds. The average molecular weight is 315 g/mol. The Morgan fingerprint density at radius 1 is 0.955 bits per heavy atom. The van der Waals surface area contributed by atoms with E-state index in [0.29, 0.717) is 11.4 Å². The Labute approximate surface area is 132 Å². The van der Waals surface area contributed by atoms with Crippen molar-refractivity contribution in [3.05, 3.63) is 58.1 Å². The van der Waals surface area contributed by atoms with Gasteiger partial charge in [-0.3, -0.25) is 4.31 Å². The standard InChI is InChI=1S/C18H21NO2S/c1-12-11-18(15(4)14(3)13(12)2)22(20,21)19-10-9-16-7-5-6-8-17(16)19/h5-8,11H,9-10H2,1-4H3. The second-order valence-electron chi connectivity index (χ2n) is 6.02. The number of hydrogen-bond acceptors (Lipinski definition) is 2. The number of para-hydroxylation sites is 1. The van der Waals surface area contributed by atoms with E-state index in [4.69, 9.17) is 0 Å². The molecule has 3 nitrogen and oxygen atoms in total. The van der Waals surface area contributed by atoms with E-state index in [1.807, 2.05) is 58.0 Å². The number of rotatable bonds is 2. The van der Waals surface area contributed by atoms with Crippen molar-refractivity contribution in [2.75, 3.05) is 10.8 Å². The Morgan fingerprint density at radius 3 is 2.36 bits per heavy atom. The van der Waals surface area contributed by atoms with Gasteiger partial charge in [-0.1, -0.05) is 18.2 Å². The number of aryl methyl sites for hydroxylation is 1. The number of benzene rings is 2. The van der Waals surface area contributed by atoms with E-state index in [9.17, 15) is 8.42 Å². The average Bonchev–Trinajstić information content (AvgIpc) is 2.93. The normalized spacial score (nSPS) is 14.3. The van der Waals surface area contributed by atoms with Gasteiger partial charge in [0.25, 0.3) is 10.0 Å². The number of sulfonamides is 1. The molecule has 3 rings (SSSR count).